The molecule has 0 saturated carbocycles. The van der Waals surface area contributed by atoms with Crippen LogP contribution in [-0.4, -0.2) is 22.1 Å². The Morgan fingerprint density at radius 2 is 2.06 bits per heavy atom. The van der Waals surface area contributed by atoms with Gasteiger partial charge in [0.05, 0.1) is 17.1 Å². The average molecular weight is 260 g/mol. The summed E-state index contributed by atoms with van der Waals surface area (Å²) in [7, 11) is 0. The molecule has 0 aromatic heterocycles. The predicted octanol–water partition coefficient (Wildman–Crippen LogP) is 3.08. The highest BCUT2D eigenvalue weighted by molar-refractivity contribution is 8.13. The Labute approximate surface area is 102 Å². The van der Waals surface area contributed by atoms with Crippen molar-refractivity contribution in [1.82, 2.24) is 0 Å². The van der Waals surface area contributed by atoms with Crippen LogP contribution in [-0.2, 0) is 4.79 Å². The lowest BCUT2D eigenvalue weighted by Gasteiger charge is -2.05. The zero-order chi connectivity index (χ0) is 12.0. The number of carboxylic acid groups (broad SMARTS) is 1. The summed E-state index contributed by atoms with van der Waals surface area (Å²) in [6, 6.07) is 6.86. The number of nitrogens with one attached hydrogen (secondary N) is 1. The Morgan fingerprint density at radius 1 is 1.38 bits per heavy atom. The first-order valence-electron chi connectivity index (χ1n) is 4.49. The van der Waals surface area contributed by atoms with Gasteiger partial charge in [-0.3, -0.25) is 9.59 Å². The van der Waals surface area contributed by atoms with Crippen molar-refractivity contribution in [2.45, 2.75) is 6.42 Å². The lowest BCUT2D eigenvalue weighted by molar-refractivity contribution is -0.136. The Kier molecular flexibility index (Phi) is 5.14. The molecule has 6 heteroatoms. The maximum absolute atomic E-state index is 11.3. The Bertz CT molecular complexity index is 397. The molecule has 0 atom stereocenters. The van der Waals surface area contributed by atoms with Crippen molar-refractivity contribution >= 4 is 40.3 Å². The Hall–Kier alpha value is -1.20. The zero-order valence-corrected chi connectivity index (χ0v) is 9.85. The number of para-hydroxylation sites is 1. The van der Waals surface area contributed by atoms with E-state index in [9.17, 15) is 9.59 Å². The predicted molar refractivity (Wildman–Crippen MR) is 65.2 cm³/mol. The number of hydrogen-bond donors (Lipinski definition) is 2. The van der Waals surface area contributed by atoms with E-state index < -0.39 is 5.97 Å². The van der Waals surface area contributed by atoms with Crippen LogP contribution in [0.25, 0.3) is 0 Å². The molecule has 0 aliphatic rings. The van der Waals surface area contributed by atoms with Crippen molar-refractivity contribution in [3.05, 3.63) is 29.3 Å². The van der Waals surface area contributed by atoms with Gasteiger partial charge in [0.2, 0.25) is 0 Å². The van der Waals surface area contributed by atoms with E-state index in [1.165, 1.54) is 0 Å². The molecule has 0 saturated heterocycles. The second kappa shape index (κ2) is 6.40. The molecule has 0 bridgehead atoms. The van der Waals surface area contributed by atoms with E-state index in [-0.39, 0.29) is 17.4 Å². The third kappa shape index (κ3) is 4.55. The van der Waals surface area contributed by atoms with Crippen molar-refractivity contribution in [2.75, 3.05) is 11.1 Å². The number of hydrogen-bond acceptors (Lipinski definition) is 3. The zero-order valence-electron chi connectivity index (χ0n) is 8.27. The lowest BCUT2D eigenvalue weighted by atomic mass is 10.3. The van der Waals surface area contributed by atoms with Gasteiger partial charge in [-0.05, 0) is 12.1 Å². The van der Waals surface area contributed by atoms with Crippen LogP contribution in [0, 0.1) is 0 Å². The minimum atomic E-state index is -0.918. The van der Waals surface area contributed by atoms with Crippen LogP contribution < -0.4 is 5.32 Å². The molecule has 86 valence electrons. The number of thioether (sulfide) groups is 1. The molecule has 4 nitrogen and oxygen atoms in total. The second-order valence-electron chi connectivity index (χ2n) is 2.88. The summed E-state index contributed by atoms with van der Waals surface area (Å²) in [5, 5.41) is 11.1. The number of rotatable bonds is 4. The summed E-state index contributed by atoms with van der Waals surface area (Å²) in [5.74, 6) is -0.677. The molecule has 1 aromatic rings. The number of anilines is 1. The fraction of sp³-hybridized carbons (Fsp3) is 0.200. The van der Waals surface area contributed by atoms with Gasteiger partial charge < -0.3 is 10.4 Å². The standard InChI is InChI=1S/C10H10ClNO3S/c11-7-3-1-2-4-8(7)12-10(15)16-6-5-9(13)14/h1-4H,5-6H2,(H,12,15)(H,13,14). The minimum Gasteiger partial charge on any atom is -0.481 e. The van der Waals surface area contributed by atoms with Crippen LogP contribution in [0.4, 0.5) is 10.5 Å². The van der Waals surface area contributed by atoms with Crippen molar-refractivity contribution in [1.29, 1.82) is 0 Å². The van der Waals surface area contributed by atoms with Gasteiger partial charge in [0, 0.05) is 5.75 Å². The summed E-state index contributed by atoms with van der Waals surface area (Å²) in [6.45, 7) is 0. The minimum absolute atomic E-state index is 0.0411. The van der Waals surface area contributed by atoms with Crippen LogP contribution in [0.3, 0.4) is 0 Å². The molecule has 16 heavy (non-hydrogen) atoms. The van der Waals surface area contributed by atoms with Gasteiger partial charge in [0.15, 0.2) is 0 Å². The highest BCUT2D eigenvalue weighted by Gasteiger charge is 2.06. The maximum atomic E-state index is 11.3. The smallest absolute Gasteiger partial charge is 0.304 e. The van der Waals surface area contributed by atoms with Gasteiger partial charge in [-0.1, -0.05) is 35.5 Å². The molecule has 1 rings (SSSR count). The molecule has 0 fully saturated rings. The number of carbonyl (C=O) groups is 2. The van der Waals surface area contributed by atoms with Crippen LogP contribution in [0.5, 0.6) is 0 Å². The van der Waals surface area contributed by atoms with Crippen LogP contribution in [0.2, 0.25) is 5.02 Å². The summed E-state index contributed by atoms with van der Waals surface area (Å²) >= 11 is 6.75. The SMILES string of the molecule is O=C(O)CCSC(=O)Nc1ccccc1Cl. The number of carbonyl (C=O) groups excluding carboxylic acids is 1. The quantitative estimate of drug-likeness (QED) is 0.872. The first-order valence-corrected chi connectivity index (χ1v) is 5.86. The van der Waals surface area contributed by atoms with E-state index in [1.54, 1.807) is 24.3 Å². The first kappa shape index (κ1) is 12.9. The van der Waals surface area contributed by atoms with Crippen LogP contribution >= 0.6 is 23.4 Å². The normalized spacial score (nSPS) is 9.81. The highest BCUT2D eigenvalue weighted by Crippen LogP contribution is 2.22. The van der Waals surface area contributed by atoms with E-state index >= 15 is 0 Å². The van der Waals surface area contributed by atoms with E-state index in [2.05, 4.69) is 5.32 Å². The van der Waals surface area contributed by atoms with E-state index in [1.807, 2.05) is 0 Å². The second-order valence-corrected chi connectivity index (χ2v) is 4.36. The average Bonchev–Trinajstić information content (AvgIpc) is 2.21. The number of aliphatic carboxylic acids is 1. The Morgan fingerprint density at radius 3 is 2.69 bits per heavy atom. The molecule has 1 amide bonds. The third-order valence-electron chi connectivity index (χ3n) is 1.66. The van der Waals surface area contributed by atoms with Gasteiger partial charge in [-0.15, -0.1) is 0 Å². The summed E-state index contributed by atoms with van der Waals surface area (Å²) < 4.78 is 0. The number of carboxylic acids is 1. The summed E-state index contributed by atoms with van der Waals surface area (Å²) in [4.78, 5) is 21.6. The first-order chi connectivity index (χ1) is 7.59. The van der Waals surface area contributed by atoms with Crippen LogP contribution in [0.1, 0.15) is 6.42 Å². The monoisotopic (exact) mass is 259 g/mol. The fourth-order valence-corrected chi connectivity index (χ4v) is 1.77. The van der Waals surface area contributed by atoms with Crippen molar-refractivity contribution in [3.63, 3.8) is 0 Å². The lowest BCUT2D eigenvalue weighted by Crippen LogP contribution is -2.07. The molecule has 0 aliphatic carbocycles. The van der Waals surface area contributed by atoms with Gasteiger partial charge >= 0.3 is 5.97 Å². The largest absolute Gasteiger partial charge is 0.481 e. The molecule has 2 N–H and O–H groups in total. The fourth-order valence-electron chi connectivity index (χ4n) is 0.940. The summed E-state index contributed by atoms with van der Waals surface area (Å²) in [5.41, 5.74) is 0.525. The van der Waals surface area contributed by atoms with E-state index in [0.717, 1.165) is 11.8 Å². The molecule has 0 radical (unpaired) electrons. The molecule has 0 heterocycles. The van der Waals surface area contributed by atoms with E-state index in [0.29, 0.717) is 10.7 Å². The molecule has 0 spiro atoms. The van der Waals surface area contributed by atoms with Crippen molar-refractivity contribution < 1.29 is 14.7 Å². The third-order valence-corrected chi connectivity index (χ3v) is 2.76. The van der Waals surface area contributed by atoms with Gasteiger partial charge in [0.1, 0.15) is 0 Å². The maximum Gasteiger partial charge on any atom is 0.304 e. The van der Waals surface area contributed by atoms with Gasteiger partial charge in [0.25, 0.3) is 5.24 Å². The topological polar surface area (TPSA) is 66.4 Å². The molecule has 0 aliphatic heterocycles. The van der Waals surface area contributed by atoms with Crippen LogP contribution in [0.15, 0.2) is 24.3 Å². The molecular formula is C10H10ClNO3S. The van der Waals surface area contributed by atoms with Gasteiger partial charge in [-0.2, -0.15) is 0 Å². The molecule has 1 aromatic carbocycles. The Balaban J connectivity index is 2.40. The van der Waals surface area contributed by atoms with Gasteiger partial charge in [-0.25, -0.2) is 0 Å². The summed E-state index contributed by atoms with van der Waals surface area (Å²) in [6.07, 6.45) is -0.0411. The molecule has 0 unspecified atom stereocenters. The number of benzene rings is 1. The number of halogens is 1. The van der Waals surface area contributed by atoms with Crippen molar-refractivity contribution in [3.8, 4) is 0 Å². The van der Waals surface area contributed by atoms with E-state index in [4.69, 9.17) is 16.7 Å². The highest BCUT2D eigenvalue weighted by atomic mass is 35.5. The van der Waals surface area contributed by atoms with Crippen molar-refractivity contribution in [2.24, 2.45) is 0 Å². The molecular weight excluding hydrogens is 250 g/mol. The number of amides is 1.